The summed E-state index contributed by atoms with van der Waals surface area (Å²) in [5.74, 6) is -0.360. The van der Waals surface area contributed by atoms with E-state index >= 15 is 0 Å². The molecule has 24 heavy (non-hydrogen) atoms. The predicted octanol–water partition coefficient (Wildman–Crippen LogP) is 3.45. The minimum absolute atomic E-state index is 0.215. The third kappa shape index (κ3) is 4.47. The first kappa shape index (κ1) is 17.8. The highest BCUT2D eigenvalue weighted by molar-refractivity contribution is 6.30. The summed E-state index contributed by atoms with van der Waals surface area (Å²) in [6, 6.07) is 9.87. The maximum absolute atomic E-state index is 10.3. The fourth-order valence-electron chi connectivity index (χ4n) is 2.11. The summed E-state index contributed by atoms with van der Waals surface area (Å²) in [5, 5.41) is 18.3. The van der Waals surface area contributed by atoms with E-state index in [1.54, 1.807) is 37.7 Å². The summed E-state index contributed by atoms with van der Waals surface area (Å²) in [6.45, 7) is 0.668. The van der Waals surface area contributed by atoms with E-state index in [-0.39, 0.29) is 5.56 Å². The molecular weight excluding hydrogens is 332 g/mol. The molecule has 0 aliphatic carbocycles. The monoisotopic (exact) mass is 348 g/mol. The highest BCUT2D eigenvalue weighted by atomic mass is 35.5. The van der Waals surface area contributed by atoms with Gasteiger partial charge < -0.3 is 15.1 Å². The summed E-state index contributed by atoms with van der Waals surface area (Å²) in [4.78, 5) is 14.4. The molecule has 0 bridgehead atoms. The third-order valence-corrected chi connectivity index (χ3v) is 3.52. The van der Waals surface area contributed by atoms with Crippen LogP contribution in [0.2, 0.25) is 5.02 Å². The molecule has 0 unspecified atom stereocenters. The van der Waals surface area contributed by atoms with Crippen LogP contribution in [0, 0.1) is 0 Å². The molecule has 0 saturated heterocycles. The third-order valence-electron chi connectivity index (χ3n) is 3.28. The van der Waals surface area contributed by atoms with Crippen molar-refractivity contribution in [3.8, 4) is 11.4 Å². The van der Waals surface area contributed by atoms with Crippen LogP contribution in [0.1, 0.15) is 15.9 Å². The van der Waals surface area contributed by atoms with Crippen LogP contribution in [0.5, 0.6) is 0 Å². The summed E-state index contributed by atoms with van der Waals surface area (Å²) >= 11 is 5.53. The van der Waals surface area contributed by atoms with Gasteiger partial charge in [0.25, 0.3) is 0 Å². The van der Waals surface area contributed by atoms with Crippen molar-refractivity contribution in [2.45, 2.75) is 6.42 Å². The molecule has 0 aromatic heterocycles. The number of carbonyl (C=O) groups is 1. The Morgan fingerprint density at radius 3 is 2.75 bits per heavy atom. The molecule has 2 aliphatic heterocycles. The Morgan fingerprint density at radius 2 is 2.12 bits per heavy atom. The summed E-state index contributed by atoms with van der Waals surface area (Å²) in [7, 11) is 1.67. The quantitative estimate of drug-likeness (QED) is 0.705. The van der Waals surface area contributed by atoms with Crippen LogP contribution in [0.15, 0.2) is 48.8 Å². The molecule has 1 aromatic rings. The van der Waals surface area contributed by atoms with Gasteiger partial charge in [-0.1, -0.05) is 17.7 Å². The maximum atomic E-state index is 10.3. The van der Waals surface area contributed by atoms with Gasteiger partial charge in [-0.2, -0.15) is 4.73 Å². The van der Waals surface area contributed by atoms with Crippen molar-refractivity contribution >= 4 is 17.6 Å². The van der Waals surface area contributed by atoms with E-state index in [2.05, 4.69) is 4.98 Å². The molecule has 0 radical (unpaired) electrons. The molecule has 1 aromatic carbocycles. The normalized spacial score (nSPS) is 10.2. The lowest BCUT2D eigenvalue weighted by Gasteiger charge is -2.04. The standard InChI is InChI=1S/C10H12N2O2.C7H5ClO2/c1-14-6-4-8-7-11-10-9(8)3-2-5-12(10)13;8-6-3-1-2-5(4-6)7(9)10/h2-3,5,7,13H,4,6H2,1H3;1-4H,(H,9,10). The Bertz CT molecular complexity index is 788. The van der Waals surface area contributed by atoms with Crippen molar-refractivity contribution < 1.29 is 19.8 Å². The molecule has 126 valence electrons. The number of benzene rings is 1. The minimum Gasteiger partial charge on any atom is -0.478 e. The van der Waals surface area contributed by atoms with E-state index in [0.29, 0.717) is 17.5 Å². The van der Waals surface area contributed by atoms with E-state index in [0.717, 1.165) is 22.3 Å². The van der Waals surface area contributed by atoms with E-state index in [1.165, 1.54) is 12.1 Å². The zero-order chi connectivity index (χ0) is 17.5. The van der Waals surface area contributed by atoms with Gasteiger partial charge in [-0.3, -0.25) is 0 Å². The molecule has 3 rings (SSSR count). The molecule has 2 heterocycles. The molecule has 0 spiro atoms. The molecule has 2 aliphatic rings. The molecule has 0 saturated carbocycles. The van der Waals surface area contributed by atoms with Gasteiger partial charge in [0.15, 0.2) is 5.82 Å². The Kier molecular flexibility index (Phi) is 6.17. The zero-order valence-corrected chi connectivity index (χ0v) is 13.8. The van der Waals surface area contributed by atoms with Crippen molar-refractivity contribution in [2.75, 3.05) is 13.7 Å². The Labute approximate surface area is 144 Å². The molecular formula is C17H17ClN2O4. The lowest BCUT2D eigenvalue weighted by atomic mass is 10.1. The number of halogens is 1. The second-order valence-corrected chi connectivity index (χ2v) is 5.37. The maximum Gasteiger partial charge on any atom is 0.335 e. The number of hydrogen-bond donors (Lipinski definition) is 2. The van der Waals surface area contributed by atoms with Gasteiger partial charge >= 0.3 is 5.97 Å². The second kappa shape index (κ2) is 8.33. The largest absolute Gasteiger partial charge is 0.478 e. The van der Waals surface area contributed by atoms with Crippen molar-refractivity contribution in [1.29, 1.82) is 0 Å². The van der Waals surface area contributed by atoms with Crippen LogP contribution >= 0.6 is 11.6 Å². The van der Waals surface area contributed by atoms with E-state index in [1.807, 2.05) is 6.07 Å². The van der Waals surface area contributed by atoms with Gasteiger partial charge in [0, 0.05) is 30.1 Å². The number of hydrogen-bond acceptors (Lipinski definition) is 4. The van der Waals surface area contributed by atoms with Crippen LogP contribution < -0.4 is 0 Å². The van der Waals surface area contributed by atoms with Crippen molar-refractivity contribution in [2.24, 2.45) is 0 Å². The van der Waals surface area contributed by atoms with E-state index in [9.17, 15) is 10.0 Å². The average molecular weight is 349 g/mol. The number of rotatable bonds is 4. The number of methoxy groups -OCH3 is 1. The summed E-state index contributed by atoms with van der Waals surface area (Å²) in [6.07, 6.45) is 4.16. The van der Waals surface area contributed by atoms with Gasteiger partial charge in [0.05, 0.1) is 12.2 Å². The fourth-order valence-corrected chi connectivity index (χ4v) is 2.30. The number of fused-ring (bicyclic) bond motifs is 1. The van der Waals surface area contributed by atoms with E-state index < -0.39 is 5.97 Å². The Morgan fingerprint density at radius 1 is 1.33 bits per heavy atom. The smallest absolute Gasteiger partial charge is 0.335 e. The van der Waals surface area contributed by atoms with Crippen LogP contribution in [0.4, 0.5) is 0 Å². The second-order valence-electron chi connectivity index (χ2n) is 4.93. The molecule has 7 heteroatoms. The molecule has 0 fully saturated rings. The summed E-state index contributed by atoms with van der Waals surface area (Å²) < 4.78 is 6.03. The lowest BCUT2D eigenvalue weighted by molar-refractivity contribution is 0.0697. The topological polar surface area (TPSA) is 84.6 Å². The highest BCUT2D eigenvalue weighted by Crippen LogP contribution is 2.24. The Hall–Kier alpha value is -2.57. The molecule has 2 N–H and O–H groups in total. The molecule has 6 nitrogen and oxygen atoms in total. The molecule has 0 amide bonds. The first-order valence-corrected chi connectivity index (χ1v) is 7.52. The first-order chi connectivity index (χ1) is 11.5. The number of carboxylic acid groups (broad SMARTS) is 1. The van der Waals surface area contributed by atoms with Crippen molar-refractivity contribution in [1.82, 2.24) is 9.71 Å². The number of carboxylic acids is 1. The predicted molar refractivity (Wildman–Crippen MR) is 90.0 cm³/mol. The van der Waals surface area contributed by atoms with Gasteiger partial charge in [-0.25, -0.2) is 9.78 Å². The molecule has 0 atom stereocenters. The number of nitrogens with zero attached hydrogens (tertiary/aromatic N) is 2. The summed E-state index contributed by atoms with van der Waals surface area (Å²) in [5.41, 5.74) is 2.30. The first-order valence-electron chi connectivity index (χ1n) is 7.15. The van der Waals surface area contributed by atoms with Crippen LogP contribution in [-0.4, -0.2) is 39.7 Å². The zero-order valence-electron chi connectivity index (χ0n) is 13.0. The van der Waals surface area contributed by atoms with Crippen molar-refractivity contribution in [3.05, 3.63) is 64.9 Å². The number of ether oxygens (including phenoxy) is 1. The van der Waals surface area contributed by atoms with Crippen LogP contribution in [0.25, 0.3) is 11.4 Å². The SMILES string of the molecule is COCCc1cnc2n(O)cccc1-2.O=C(O)c1cccc(Cl)c1. The van der Waals surface area contributed by atoms with Gasteiger partial charge in [-0.15, -0.1) is 0 Å². The fraction of sp³-hybridized carbons (Fsp3) is 0.176. The van der Waals surface area contributed by atoms with Crippen LogP contribution in [0.3, 0.4) is 0 Å². The Balaban J connectivity index is 0.000000185. The van der Waals surface area contributed by atoms with Gasteiger partial charge in [-0.05, 0) is 42.3 Å². The van der Waals surface area contributed by atoms with Crippen molar-refractivity contribution in [3.63, 3.8) is 0 Å². The van der Waals surface area contributed by atoms with E-state index in [4.69, 9.17) is 21.4 Å². The number of aromatic nitrogens is 2. The van der Waals surface area contributed by atoms with Gasteiger partial charge in [0.2, 0.25) is 0 Å². The highest BCUT2D eigenvalue weighted by Gasteiger charge is 2.13. The number of pyridine rings is 1. The lowest BCUT2D eigenvalue weighted by Crippen LogP contribution is -1.99. The average Bonchev–Trinajstić information content (AvgIpc) is 2.98. The minimum atomic E-state index is -0.956. The van der Waals surface area contributed by atoms with Gasteiger partial charge in [0.1, 0.15) is 0 Å². The van der Waals surface area contributed by atoms with Crippen LogP contribution in [-0.2, 0) is 11.2 Å². The number of aromatic carboxylic acids is 1.